The van der Waals surface area contributed by atoms with Gasteiger partial charge in [0.1, 0.15) is 5.75 Å². The molecule has 1 aromatic heterocycles. The first-order valence-corrected chi connectivity index (χ1v) is 14.9. The van der Waals surface area contributed by atoms with Crippen LogP contribution in [0.2, 0.25) is 0 Å². The summed E-state index contributed by atoms with van der Waals surface area (Å²) in [5, 5.41) is 0.762. The predicted octanol–water partition coefficient (Wildman–Crippen LogP) is 9.70. The van der Waals surface area contributed by atoms with Crippen molar-refractivity contribution in [3.8, 4) is 16.2 Å². The number of carbonyl (C=O) groups excluding carboxylic acids is 1. The van der Waals surface area contributed by atoms with Gasteiger partial charge in [-0.1, -0.05) is 51.5 Å². The van der Waals surface area contributed by atoms with Gasteiger partial charge in [-0.15, -0.1) is 28.9 Å². The number of thiophene rings is 1. The van der Waals surface area contributed by atoms with Crippen molar-refractivity contribution in [1.29, 1.82) is 0 Å². The zero-order valence-electron chi connectivity index (χ0n) is 25.1. The van der Waals surface area contributed by atoms with Crippen molar-refractivity contribution >= 4 is 27.4 Å². The number of halogens is 8. The topological polar surface area (TPSA) is 63.2 Å². The highest BCUT2D eigenvalue weighted by atomic mass is 32.1. The lowest BCUT2D eigenvalue weighted by Crippen LogP contribution is -2.46. The van der Waals surface area contributed by atoms with Crippen LogP contribution in [0, 0.1) is 0 Å². The number of carbonyl (C=O) groups is 1. The lowest BCUT2D eigenvalue weighted by atomic mass is 9.98. The summed E-state index contributed by atoms with van der Waals surface area (Å²) in [6.07, 6.45) is -16.6. The molecule has 15 heteroatoms. The molecule has 0 saturated heterocycles. The van der Waals surface area contributed by atoms with Crippen LogP contribution in [0.4, 0.5) is 35.1 Å². The van der Waals surface area contributed by atoms with Gasteiger partial charge in [-0.3, -0.25) is 0 Å². The molecule has 0 aliphatic carbocycles. The van der Waals surface area contributed by atoms with Gasteiger partial charge in [-0.25, -0.2) is 19.0 Å². The molecule has 0 atom stereocenters. The zero-order valence-corrected chi connectivity index (χ0v) is 25.9. The lowest BCUT2D eigenvalue weighted by molar-refractivity contribution is -0.574. The van der Waals surface area contributed by atoms with Crippen molar-refractivity contribution in [2.75, 3.05) is 13.2 Å². The van der Waals surface area contributed by atoms with Crippen LogP contribution in [0.3, 0.4) is 0 Å². The van der Waals surface area contributed by atoms with Crippen LogP contribution < -0.4 is 4.74 Å². The molecule has 1 heterocycles. The summed E-state index contributed by atoms with van der Waals surface area (Å²) in [5.74, 6) is -1.60. The summed E-state index contributed by atoms with van der Waals surface area (Å²) < 4.78 is 128. The minimum absolute atomic E-state index is 0.173. The summed E-state index contributed by atoms with van der Waals surface area (Å²) in [7, 11) is 0. The number of hydrogen-bond acceptors (Lipinski definition) is 7. The fourth-order valence-corrected chi connectivity index (χ4v) is 5.33. The molecule has 0 aliphatic heterocycles. The third-order valence-corrected chi connectivity index (χ3v) is 7.41. The van der Waals surface area contributed by atoms with Crippen LogP contribution in [0.5, 0.6) is 5.75 Å². The average molecular weight is 685 g/mol. The van der Waals surface area contributed by atoms with Gasteiger partial charge in [0.05, 0.1) is 0 Å². The van der Waals surface area contributed by atoms with Gasteiger partial charge in [0.15, 0.2) is 13.2 Å². The van der Waals surface area contributed by atoms with Crippen LogP contribution in [-0.2, 0) is 36.6 Å². The number of ether oxygens (including phenoxy) is 5. The number of hydrogen-bond donors (Lipinski definition) is 0. The maximum Gasteiger partial charge on any atom is 0.496 e. The highest BCUT2D eigenvalue weighted by Gasteiger charge is 2.57. The fourth-order valence-electron chi connectivity index (χ4n) is 4.18. The lowest BCUT2D eigenvalue weighted by Gasteiger charge is -2.27. The van der Waals surface area contributed by atoms with E-state index in [-0.39, 0.29) is 11.3 Å². The molecule has 0 radical (unpaired) electrons. The van der Waals surface area contributed by atoms with Gasteiger partial charge >= 0.3 is 30.8 Å². The Labute approximate surface area is 263 Å². The van der Waals surface area contributed by atoms with E-state index in [9.17, 15) is 39.9 Å². The van der Waals surface area contributed by atoms with Crippen molar-refractivity contribution in [3.63, 3.8) is 0 Å². The third kappa shape index (κ3) is 11.2. The molecule has 2 aromatic carbocycles. The Hall–Kier alpha value is -3.27. The van der Waals surface area contributed by atoms with E-state index in [0.29, 0.717) is 4.70 Å². The van der Waals surface area contributed by atoms with Crippen LogP contribution >= 0.6 is 11.3 Å². The number of fused-ring (bicyclic) bond motifs is 1. The number of esters is 1. The molecular weight excluding hydrogens is 652 g/mol. The Bertz CT molecular complexity index is 1510. The van der Waals surface area contributed by atoms with Crippen molar-refractivity contribution < 1.29 is 63.6 Å². The molecule has 254 valence electrons. The van der Waals surface area contributed by atoms with E-state index in [4.69, 9.17) is 4.74 Å². The first kappa shape index (κ1) is 37.2. The van der Waals surface area contributed by atoms with Crippen molar-refractivity contribution in [2.24, 2.45) is 0 Å². The fraction of sp³-hybridized carbons (Fsp3) is 0.452. The number of alkyl halides is 8. The molecule has 0 aliphatic rings. The third-order valence-electron chi connectivity index (χ3n) is 6.28. The van der Waals surface area contributed by atoms with Crippen molar-refractivity contribution in [2.45, 2.75) is 77.7 Å². The second-order valence-corrected chi connectivity index (χ2v) is 11.3. The van der Waals surface area contributed by atoms with E-state index in [0.717, 1.165) is 60.4 Å². The molecule has 0 amide bonds. The van der Waals surface area contributed by atoms with Gasteiger partial charge < -0.3 is 9.47 Å². The van der Waals surface area contributed by atoms with Gasteiger partial charge in [-0.2, -0.15) is 17.6 Å². The predicted molar refractivity (Wildman–Crippen MR) is 154 cm³/mol. The van der Waals surface area contributed by atoms with Gasteiger partial charge in [0.2, 0.25) is 0 Å². The average Bonchev–Trinajstić information content (AvgIpc) is 3.36. The van der Waals surface area contributed by atoms with Gasteiger partial charge in [0.25, 0.3) is 0 Å². The molecule has 0 unspecified atom stereocenters. The number of aryl methyl sites for hydroxylation is 2. The first-order valence-electron chi connectivity index (χ1n) is 14.1. The minimum Gasteiger partial charge on any atom is -0.484 e. The molecule has 3 aromatic rings. The Balaban J connectivity index is 1.63. The molecule has 0 fully saturated rings. The molecular formula is C31H32F8O6S. The van der Waals surface area contributed by atoms with Gasteiger partial charge in [0, 0.05) is 15.2 Å². The second-order valence-electron chi connectivity index (χ2n) is 10.3. The molecule has 0 saturated carbocycles. The molecule has 0 N–H and O–H groups in total. The summed E-state index contributed by atoms with van der Waals surface area (Å²) in [6, 6.07) is 12.4. The van der Waals surface area contributed by atoms with E-state index in [2.05, 4.69) is 44.6 Å². The van der Waals surface area contributed by atoms with E-state index in [1.807, 2.05) is 19.1 Å². The van der Waals surface area contributed by atoms with E-state index in [1.165, 1.54) is 29.0 Å². The molecule has 3 rings (SSSR count). The Morgan fingerprint density at radius 3 is 2.09 bits per heavy atom. The van der Waals surface area contributed by atoms with Crippen LogP contribution in [0.15, 0.2) is 54.6 Å². The summed E-state index contributed by atoms with van der Waals surface area (Å²) in [6.45, 7) is 4.26. The summed E-state index contributed by atoms with van der Waals surface area (Å²) in [5.41, 5.74) is 3.01. The molecule has 6 nitrogen and oxygen atoms in total. The highest BCUT2D eigenvalue weighted by Crippen LogP contribution is 2.39. The molecule has 46 heavy (non-hydrogen) atoms. The maximum atomic E-state index is 14.2. The monoisotopic (exact) mass is 684 g/mol. The standard InChI is InChI=1S/C31H32F8O6S/c1-5-7-8-9-20-10-13-24(21(6-2)14-20)26-15-22-11-12-23(16-25(22)46-26)41-17-28(32,33)43-30(36,37)45-31(38,39)44-29(34,35)18-42-27(40)19(3)4/h10-16H,3,5-9,17-18H2,1-2,4H3. The SMILES string of the molecule is C=C(C)C(=O)OCC(F)(F)OC(F)(F)OC(F)(F)OC(F)(F)COc1ccc2cc(-c3ccc(CCCCC)cc3CC)sc2c1. The summed E-state index contributed by atoms with van der Waals surface area (Å²) in [4.78, 5) is 12.0. The Kier molecular flexibility index (Phi) is 12.2. The Morgan fingerprint density at radius 2 is 1.48 bits per heavy atom. The second kappa shape index (κ2) is 15.1. The van der Waals surface area contributed by atoms with E-state index >= 15 is 0 Å². The Morgan fingerprint density at radius 1 is 0.826 bits per heavy atom. The van der Waals surface area contributed by atoms with Crippen LogP contribution in [-0.4, -0.2) is 44.0 Å². The smallest absolute Gasteiger partial charge is 0.484 e. The van der Waals surface area contributed by atoms with Gasteiger partial charge in [-0.05, 0) is 72.5 Å². The normalized spacial score (nSPS) is 12.8. The molecule has 0 bridgehead atoms. The molecule has 0 spiro atoms. The highest BCUT2D eigenvalue weighted by molar-refractivity contribution is 7.22. The van der Waals surface area contributed by atoms with E-state index in [1.54, 1.807) is 6.07 Å². The largest absolute Gasteiger partial charge is 0.496 e. The summed E-state index contributed by atoms with van der Waals surface area (Å²) >= 11 is 1.35. The quantitative estimate of drug-likeness (QED) is 0.0437. The zero-order chi connectivity index (χ0) is 34.3. The van der Waals surface area contributed by atoms with Crippen LogP contribution in [0.25, 0.3) is 20.5 Å². The number of unbranched alkanes of at least 4 members (excludes halogenated alkanes) is 2. The maximum absolute atomic E-state index is 14.2. The van der Waals surface area contributed by atoms with E-state index < -0.39 is 44.0 Å². The number of benzene rings is 2. The van der Waals surface area contributed by atoms with Crippen molar-refractivity contribution in [1.82, 2.24) is 0 Å². The van der Waals surface area contributed by atoms with Crippen molar-refractivity contribution in [3.05, 3.63) is 65.7 Å². The minimum atomic E-state index is -5.87. The van der Waals surface area contributed by atoms with Crippen LogP contribution in [0.1, 0.15) is 51.2 Å². The first-order chi connectivity index (χ1) is 21.3. The number of rotatable bonds is 18.